The van der Waals surface area contributed by atoms with Crippen LogP contribution in [0.5, 0.6) is 5.75 Å². The van der Waals surface area contributed by atoms with Gasteiger partial charge in [-0.15, -0.1) is 0 Å². The van der Waals surface area contributed by atoms with E-state index in [2.05, 4.69) is 5.32 Å². The highest BCUT2D eigenvalue weighted by Gasteiger charge is 2.26. The predicted molar refractivity (Wildman–Crippen MR) is 128 cm³/mol. The van der Waals surface area contributed by atoms with E-state index in [-0.39, 0.29) is 22.2 Å². The van der Waals surface area contributed by atoms with Crippen LogP contribution in [0.15, 0.2) is 29.8 Å². The number of hydrogen-bond acceptors (Lipinski definition) is 3. The first kappa shape index (κ1) is 24.2. The second-order valence-corrected chi connectivity index (χ2v) is 10.4. The molecule has 31 heavy (non-hydrogen) atoms. The topological polar surface area (TPSA) is 73.1 Å². The summed E-state index contributed by atoms with van der Waals surface area (Å²) in [7, 11) is 0. The van der Waals surface area contributed by atoms with E-state index in [1.807, 2.05) is 92.6 Å². The fourth-order valence-electron chi connectivity index (χ4n) is 3.76. The summed E-state index contributed by atoms with van der Waals surface area (Å²) >= 11 is 0. The Kier molecular flexibility index (Phi) is 6.71. The number of amides is 1. The third-order valence-corrected chi connectivity index (χ3v) is 5.34. The standard InChI is InChI=1S/C27H34N2O2/c1-16-10-17(2)23(18(3)11-16)29-25(31)20(15-28)12-19-13-21(26(4,5)6)24(30)22(14-19)27(7,8)9/h10-14,30H,1-9H3,(H,29,31)/b20-12+. The molecule has 4 nitrogen and oxygen atoms in total. The van der Waals surface area contributed by atoms with E-state index < -0.39 is 5.91 Å². The van der Waals surface area contributed by atoms with Crippen LogP contribution in [0.25, 0.3) is 6.08 Å². The lowest BCUT2D eigenvalue weighted by molar-refractivity contribution is -0.112. The minimum absolute atomic E-state index is 0.0183. The maximum Gasteiger partial charge on any atom is 0.266 e. The largest absolute Gasteiger partial charge is 0.507 e. The molecule has 0 saturated heterocycles. The van der Waals surface area contributed by atoms with Crippen LogP contribution in [0.4, 0.5) is 5.69 Å². The number of rotatable bonds is 3. The maximum absolute atomic E-state index is 12.9. The second kappa shape index (κ2) is 8.59. The van der Waals surface area contributed by atoms with E-state index in [1.165, 1.54) is 0 Å². The molecule has 1 amide bonds. The van der Waals surface area contributed by atoms with Crippen molar-refractivity contribution in [3.05, 3.63) is 63.2 Å². The molecule has 0 aromatic heterocycles. The molecule has 0 aliphatic heterocycles. The van der Waals surface area contributed by atoms with Crippen molar-refractivity contribution in [2.75, 3.05) is 5.32 Å². The molecule has 0 atom stereocenters. The number of phenolic OH excluding ortho intramolecular Hbond substituents is 1. The van der Waals surface area contributed by atoms with Crippen LogP contribution < -0.4 is 5.32 Å². The average molecular weight is 419 g/mol. The number of phenols is 1. The summed E-state index contributed by atoms with van der Waals surface area (Å²) in [6.45, 7) is 18.1. The van der Waals surface area contributed by atoms with Crippen molar-refractivity contribution >= 4 is 17.7 Å². The van der Waals surface area contributed by atoms with E-state index in [0.29, 0.717) is 0 Å². The third kappa shape index (κ3) is 5.55. The highest BCUT2D eigenvalue weighted by molar-refractivity contribution is 6.10. The minimum Gasteiger partial charge on any atom is -0.507 e. The van der Waals surface area contributed by atoms with Crippen LogP contribution in [-0.2, 0) is 15.6 Å². The van der Waals surface area contributed by atoms with Gasteiger partial charge in [-0.1, -0.05) is 59.2 Å². The Bertz CT molecular complexity index is 1030. The number of carbonyl (C=O) groups is 1. The van der Waals surface area contributed by atoms with E-state index in [4.69, 9.17) is 0 Å². The summed E-state index contributed by atoms with van der Waals surface area (Å²) in [6.07, 6.45) is 1.60. The van der Waals surface area contributed by atoms with Gasteiger partial charge in [-0.3, -0.25) is 4.79 Å². The molecule has 164 valence electrons. The van der Waals surface area contributed by atoms with Gasteiger partial charge in [0.05, 0.1) is 0 Å². The van der Waals surface area contributed by atoms with Gasteiger partial charge in [0.15, 0.2) is 0 Å². The molecule has 0 spiro atoms. The first-order valence-electron chi connectivity index (χ1n) is 10.5. The summed E-state index contributed by atoms with van der Waals surface area (Å²) in [6, 6.07) is 9.76. The van der Waals surface area contributed by atoms with Crippen LogP contribution >= 0.6 is 0 Å². The van der Waals surface area contributed by atoms with Crippen molar-refractivity contribution in [3.63, 3.8) is 0 Å². The summed E-state index contributed by atoms with van der Waals surface area (Å²) in [5.41, 5.74) is 5.49. The number of nitrogens with zero attached hydrogens (tertiary/aromatic N) is 1. The van der Waals surface area contributed by atoms with Crippen molar-refractivity contribution in [2.45, 2.75) is 73.1 Å². The van der Waals surface area contributed by atoms with Gasteiger partial charge >= 0.3 is 0 Å². The SMILES string of the molecule is Cc1cc(C)c(NC(=O)/C(C#N)=C/c2cc(C(C)(C)C)c(O)c(C(C)(C)C)c2)c(C)c1. The minimum atomic E-state index is -0.444. The van der Waals surface area contributed by atoms with Gasteiger partial charge in [-0.05, 0) is 66.5 Å². The molecule has 2 aromatic rings. The molecular formula is C27H34N2O2. The average Bonchev–Trinajstić information content (AvgIpc) is 2.61. The van der Waals surface area contributed by atoms with Gasteiger partial charge in [-0.2, -0.15) is 5.26 Å². The smallest absolute Gasteiger partial charge is 0.266 e. The van der Waals surface area contributed by atoms with Crippen LogP contribution in [0, 0.1) is 32.1 Å². The van der Waals surface area contributed by atoms with Gasteiger partial charge in [0, 0.05) is 16.8 Å². The summed E-state index contributed by atoms with van der Waals surface area (Å²) in [5.74, 6) is -0.175. The molecular weight excluding hydrogens is 384 g/mol. The number of anilines is 1. The van der Waals surface area contributed by atoms with Crippen LogP contribution in [0.2, 0.25) is 0 Å². The molecule has 0 bridgehead atoms. The Hall–Kier alpha value is -3.06. The third-order valence-electron chi connectivity index (χ3n) is 5.34. The van der Waals surface area contributed by atoms with Crippen molar-refractivity contribution in [3.8, 4) is 11.8 Å². The van der Waals surface area contributed by atoms with E-state index in [9.17, 15) is 15.2 Å². The zero-order valence-corrected chi connectivity index (χ0v) is 20.2. The van der Waals surface area contributed by atoms with Gasteiger partial charge in [-0.25, -0.2) is 0 Å². The zero-order chi connectivity index (χ0) is 23.7. The molecule has 0 unspecified atom stereocenters. The molecule has 2 aromatic carbocycles. The van der Waals surface area contributed by atoms with Crippen LogP contribution in [-0.4, -0.2) is 11.0 Å². The Morgan fingerprint density at radius 1 is 0.935 bits per heavy atom. The molecule has 0 aliphatic rings. The first-order chi connectivity index (χ1) is 14.1. The quantitative estimate of drug-likeness (QED) is 0.444. The molecule has 2 N–H and O–H groups in total. The van der Waals surface area contributed by atoms with Crippen molar-refractivity contribution in [2.24, 2.45) is 0 Å². The lowest BCUT2D eigenvalue weighted by Crippen LogP contribution is -2.18. The maximum atomic E-state index is 12.9. The number of carbonyl (C=O) groups excluding carboxylic acids is 1. The number of aromatic hydroxyl groups is 1. The van der Waals surface area contributed by atoms with Gasteiger partial charge in [0.1, 0.15) is 17.4 Å². The lowest BCUT2D eigenvalue weighted by atomic mass is 9.78. The van der Waals surface area contributed by atoms with Crippen molar-refractivity contribution in [1.29, 1.82) is 5.26 Å². The molecule has 4 heteroatoms. The van der Waals surface area contributed by atoms with E-state index >= 15 is 0 Å². The molecule has 0 fully saturated rings. The van der Waals surface area contributed by atoms with Crippen molar-refractivity contribution in [1.82, 2.24) is 0 Å². The summed E-state index contributed by atoms with van der Waals surface area (Å²) in [5, 5.41) is 23.5. The van der Waals surface area contributed by atoms with Crippen LogP contribution in [0.3, 0.4) is 0 Å². The molecule has 0 aliphatic carbocycles. The number of hydrogen-bond donors (Lipinski definition) is 2. The van der Waals surface area contributed by atoms with Gasteiger partial charge in [0.2, 0.25) is 0 Å². The van der Waals surface area contributed by atoms with Gasteiger partial charge < -0.3 is 10.4 Å². The molecule has 0 heterocycles. The van der Waals surface area contributed by atoms with E-state index in [1.54, 1.807) is 6.08 Å². The lowest BCUT2D eigenvalue weighted by Gasteiger charge is -2.28. The molecule has 0 saturated carbocycles. The zero-order valence-electron chi connectivity index (χ0n) is 20.2. The summed E-state index contributed by atoms with van der Waals surface area (Å²) < 4.78 is 0. The fourth-order valence-corrected chi connectivity index (χ4v) is 3.76. The number of benzene rings is 2. The first-order valence-corrected chi connectivity index (χ1v) is 10.5. The monoisotopic (exact) mass is 418 g/mol. The summed E-state index contributed by atoms with van der Waals surface area (Å²) in [4.78, 5) is 12.9. The van der Waals surface area contributed by atoms with Gasteiger partial charge in [0.25, 0.3) is 5.91 Å². The second-order valence-electron chi connectivity index (χ2n) is 10.4. The van der Waals surface area contributed by atoms with E-state index in [0.717, 1.165) is 39.1 Å². The Morgan fingerprint density at radius 3 is 1.77 bits per heavy atom. The Morgan fingerprint density at radius 2 is 1.39 bits per heavy atom. The number of nitriles is 1. The fraction of sp³-hybridized carbons (Fsp3) is 0.407. The van der Waals surface area contributed by atoms with Crippen LogP contribution in [0.1, 0.15) is 74.9 Å². The predicted octanol–water partition coefficient (Wildman–Crippen LogP) is 6.46. The highest BCUT2D eigenvalue weighted by Crippen LogP contribution is 2.40. The van der Waals surface area contributed by atoms with Crippen molar-refractivity contribution < 1.29 is 9.90 Å². The Balaban J connectivity index is 2.56. The number of aryl methyl sites for hydroxylation is 3. The number of nitrogens with one attached hydrogen (secondary N) is 1. The highest BCUT2D eigenvalue weighted by atomic mass is 16.3. The molecule has 2 rings (SSSR count). The normalized spacial score (nSPS) is 12.5. The Labute approximate surface area is 186 Å². The molecule has 0 radical (unpaired) electrons.